The van der Waals surface area contributed by atoms with Crippen molar-refractivity contribution < 1.29 is 13.5 Å². The Hall–Kier alpha value is -2.69. The highest BCUT2D eigenvalue weighted by atomic mass is 19.2. The Morgan fingerprint density at radius 1 is 1.08 bits per heavy atom. The summed E-state index contributed by atoms with van der Waals surface area (Å²) < 4.78 is 34.2. The average molecular weight is 356 g/mol. The summed E-state index contributed by atoms with van der Waals surface area (Å²) in [5.41, 5.74) is 3.58. The van der Waals surface area contributed by atoms with Crippen molar-refractivity contribution in [2.75, 3.05) is 7.11 Å². The van der Waals surface area contributed by atoms with Crippen LogP contribution < -0.4 is 4.74 Å². The zero-order valence-corrected chi connectivity index (χ0v) is 15.0. The molecule has 136 valence electrons. The molecule has 0 amide bonds. The Labute approximate surface area is 152 Å². The quantitative estimate of drug-likeness (QED) is 0.580. The van der Waals surface area contributed by atoms with Gasteiger partial charge in [-0.3, -0.25) is 0 Å². The average Bonchev–Trinajstić information content (AvgIpc) is 3.05. The van der Waals surface area contributed by atoms with E-state index in [1.165, 1.54) is 6.07 Å². The fraction of sp³-hybridized carbons (Fsp3) is 0.286. The van der Waals surface area contributed by atoms with Gasteiger partial charge in [-0.05, 0) is 42.7 Å². The standard InChI is InChI=1S/C21H22F2N2O/c1-3-4-8-19-21(16-7-5-6-9-20(16)26-2)24-14-25(19)13-15-10-11-17(22)18(23)12-15/h5-7,9-12,14H,3-4,8,13H2,1-2H3. The largest absolute Gasteiger partial charge is 0.496 e. The van der Waals surface area contributed by atoms with Gasteiger partial charge in [0, 0.05) is 17.8 Å². The molecule has 0 bridgehead atoms. The van der Waals surface area contributed by atoms with Crippen molar-refractivity contribution in [1.29, 1.82) is 0 Å². The van der Waals surface area contributed by atoms with Crippen molar-refractivity contribution in [1.82, 2.24) is 9.55 Å². The van der Waals surface area contributed by atoms with E-state index in [0.29, 0.717) is 12.1 Å². The zero-order chi connectivity index (χ0) is 18.5. The lowest BCUT2D eigenvalue weighted by Gasteiger charge is -2.12. The van der Waals surface area contributed by atoms with Crippen LogP contribution in [0.1, 0.15) is 31.0 Å². The predicted octanol–water partition coefficient (Wildman–Crippen LogP) is 5.23. The third kappa shape index (κ3) is 3.77. The van der Waals surface area contributed by atoms with E-state index < -0.39 is 11.6 Å². The second-order valence-corrected chi connectivity index (χ2v) is 6.22. The van der Waals surface area contributed by atoms with E-state index >= 15 is 0 Å². The summed E-state index contributed by atoms with van der Waals surface area (Å²) in [5.74, 6) is -0.897. The van der Waals surface area contributed by atoms with Gasteiger partial charge in [0.1, 0.15) is 5.75 Å². The number of unbranched alkanes of at least 4 members (excludes halogenated alkanes) is 1. The second kappa shape index (κ2) is 8.13. The minimum Gasteiger partial charge on any atom is -0.496 e. The molecule has 5 heteroatoms. The van der Waals surface area contributed by atoms with Crippen LogP contribution in [0.3, 0.4) is 0 Å². The molecule has 1 heterocycles. The number of rotatable bonds is 7. The predicted molar refractivity (Wildman–Crippen MR) is 98.3 cm³/mol. The normalized spacial score (nSPS) is 10.9. The lowest BCUT2D eigenvalue weighted by Crippen LogP contribution is -2.05. The van der Waals surface area contributed by atoms with Crippen LogP contribution in [0.15, 0.2) is 48.8 Å². The van der Waals surface area contributed by atoms with Crippen LogP contribution in [0.4, 0.5) is 8.78 Å². The molecule has 0 fully saturated rings. The number of ether oxygens (including phenoxy) is 1. The number of hydrogen-bond acceptors (Lipinski definition) is 2. The Bertz CT molecular complexity index is 889. The van der Waals surface area contributed by atoms with Crippen molar-refractivity contribution in [3.63, 3.8) is 0 Å². The number of hydrogen-bond donors (Lipinski definition) is 0. The molecule has 2 aromatic carbocycles. The van der Waals surface area contributed by atoms with Gasteiger partial charge < -0.3 is 9.30 Å². The third-order valence-electron chi connectivity index (χ3n) is 4.41. The molecule has 0 radical (unpaired) electrons. The molecule has 0 spiro atoms. The van der Waals surface area contributed by atoms with Gasteiger partial charge in [-0.2, -0.15) is 0 Å². The summed E-state index contributed by atoms with van der Waals surface area (Å²) in [6.07, 6.45) is 4.69. The SMILES string of the molecule is CCCCc1c(-c2ccccc2OC)ncn1Cc1ccc(F)c(F)c1. The first-order valence-electron chi connectivity index (χ1n) is 8.75. The number of nitrogens with zero attached hydrogens (tertiary/aromatic N) is 2. The van der Waals surface area contributed by atoms with Gasteiger partial charge in [-0.25, -0.2) is 13.8 Å². The molecular weight excluding hydrogens is 334 g/mol. The maximum atomic E-state index is 13.5. The first kappa shape index (κ1) is 18.1. The van der Waals surface area contributed by atoms with E-state index in [1.54, 1.807) is 19.5 Å². The number of para-hydroxylation sites is 1. The van der Waals surface area contributed by atoms with Crippen molar-refractivity contribution in [3.05, 3.63) is 71.7 Å². The molecule has 1 aromatic heterocycles. The van der Waals surface area contributed by atoms with Crippen LogP contribution in [-0.2, 0) is 13.0 Å². The fourth-order valence-corrected chi connectivity index (χ4v) is 3.05. The van der Waals surface area contributed by atoms with Gasteiger partial charge in [0.2, 0.25) is 0 Å². The zero-order valence-electron chi connectivity index (χ0n) is 15.0. The minimum absolute atomic E-state index is 0.443. The molecule has 26 heavy (non-hydrogen) atoms. The number of imidazole rings is 1. The van der Waals surface area contributed by atoms with Gasteiger partial charge in [-0.15, -0.1) is 0 Å². The summed E-state index contributed by atoms with van der Waals surface area (Å²) in [6.45, 7) is 2.58. The van der Waals surface area contributed by atoms with E-state index in [0.717, 1.165) is 48.0 Å². The molecule has 3 aromatic rings. The minimum atomic E-state index is -0.833. The summed E-state index contributed by atoms with van der Waals surface area (Å²) in [5, 5.41) is 0. The molecule has 0 unspecified atom stereocenters. The summed E-state index contributed by atoms with van der Waals surface area (Å²) in [7, 11) is 1.64. The van der Waals surface area contributed by atoms with Gasteiger partial charge in [-0.1, -0.05) is 31.5 Å². The Morgan fingerprint density at radius 3 is 2.62 bits per heavy atom. The first-order valence-corrected chi connectivity index (χ1v) is 8.75. The van der Waals surface area contributed by atoms with Gasteiger partial charge in [0.25, 0.3) is 0 Å². The first-order chi connectivity index (χ1) is 12.6. The van der Waals surface area contributed by atoms with Crippen LogP contribution in [0.2, 0.25) is 0 Å². The van der Waals surface area contributed by atoms with Crippen LogP contribution >= 0.6 is 0 Å². The van der Waals surface area contributed by atoms with Crippen LogP contribution in [0.25, 0.3) is 11.3 Å². The topological polar surface area (TPSA) is 27.1 Å². The molecule has 0 aliphatic rings. The number of halogens is 2. The summed E-state index contributed by atoms with van der Waals surface area (Å²) >= 11 is 0. The Kier molecular flexibility index (Phi) is 5.66. The van der Waals surface area contributed by atoms with E-state index in [4.69, 9.17) is 4.74 Å². The molecule has 0 N–H and O–H groups in total. The van der Waals surface area contributed by atoms with Gasteiger partial charge in [0.15, 0.2) is 11.6 Å². The Morgan fingerprint density at radius 2 is 1.88 bits per heavy atom. The third-order valence-corrected chi connectivity index (χ3v) is 4.41. The van der Waals surface area contributed by atoms with E-state index in [9.17, 15) is 8.78 Å². The monoisotopic (exact) mass is 356 g/mol. The lowest BCUT2D eigenvalue weighted by molar-refractivity contribution is 0.416. The second-order valence-electron chi connectivity index (χ2n) is 6.22. The van der Waals surface area contributed by atoms with E-state index in [1.807, 2.05) is 28.8 Å². The van der Waals surface area contributed by atoms with Crippen LogP contribution in [0, 0.1) is 11.6 Å². The number of methoxy groups -OCH3 is 1. The van der Waals surface area contributed by atoms with Crippen molar-refractivity contribution >= 4 is 0 Å². The van der Waals surface area contributed by atoms with Crippen molar-refractivity contribution in [2.24, 2.45) is 0 Å². The molecule has 0 saturated carbocycles. The molecule has 0 saturated heterocycles. The maximum Gasteiger partial charge on any atom is 0.159 e. The highest BCUT2D eigenvalue weighted by molar-refractivity contribution is 5.69. The lowest BCUT2D eigenvalue weighted by atomic mass is 10.1. The smallest absolute Gasteiger partial charge is 0.159 e. The molecule has 0 aliphatic heterocycles. The van der Waals surface area contributed by atoms with Crippen LogP contribution in [0.5, 0.6) is 5.75 Å². The van der Waals surface area contributed by atoms with Crippen molar-refractivity contribution in [2.45, 2.75) is 32.7 Å². The van der Waals surface area contributed by atoms with E-state index in [2.05, 4.69) is 11.9 Å². The number of aromatic nitrogens is 2. The van der Waals surface area contributed by atoms with E-state index in [-0.39, 0.29) is 0 Å². The fourth-order valence-electron chi connectivity index (χ4n) is 3.05. The number of benzene rings is 2. The summed E-state index contributed by atoms with van der Waals surface area (Å²) in [6, 6.07) is 11.8. The highest BCUT2D eigenvalue weighted by Gasteiger charge is 2.16. The van der Waals surface area contributed by atoms with Gasteiger partial charge in [0.05, 0.1) is 19.1 Å². The van der Waals surface area contributed by atoms with Gasteiger partial charge >= 0.3 is 0 Å². The molecule has 3 rings (SSSR count). The Balaban J connectivity index is 2.00. The highest BCUT2D eigenvalue weighted by Crippen LogP contribution is 2.32. The molecule has 0 atom stereocenters. The van der Waals surface area contributed by atoms with Crippen LogP contribution in [-0.4, -0.2) is 16.7 Å². The maximum absolute atomic E-state index is 13.5. The molecule has 3 nitrogen and oxygen atoms in total. The van der Waals surface area contributed by atoms with Crippen molar-refractivity contribution in [3.8, 4) is 17.0 Å². The summed E-state index contributed by atoms with van der Waals surface area (Å²) in [4.78, 5) is 4.60. The molecular formula is C21H22F2N2O. The molecule has 0 aliphatic carbocycles.